The predicted octanol–water partition coefficient (Wildman–Crippen LogP) is 4.74. The van der Waals surface area contributed by atoms with Crippen molar-refractivity contribution in [1.82, 2.24) is 0 Å². The van der Waals surface area contributed by atoms with Crippen molar-refractivity contribution in [2.45, 2.75) is 0 Å². The number of ketones is 1. The van der Waals surface area contributed by atoms with Crippen LogP contribution in [0.25, 0.3) is 6.08 Å². The summed E-state index contributed by atoms with van der Waals surface area (Å²) in [5.74, 6) is 0.0961. The van der Waals surface area contributed by atoms with E-state index in [9.17, 15) is 19.7 Å². The molecule has 34 heavy (non-hydrogen) atoms. The van der Waals surface area contributed by atoms with Gasteiger partial charge in [0.15, 0.2) is 17.3 Å². The number of nitrogens with zero attached hydrogens (tertiary/aromatic N) is 1. The molecular formula is C25H21NO8. The summed E-state index contributed by atoms with van der Waals surface area (Å²) in [6.07, 6.45) is 2.91. The van der Waals surface area contributed by atoms with Crippen LogP contribution in [0.2, 0.25) is 0 Å². The Hall–Kier alpha value is -4.66. The summed E-state index contributed by atoms with van der Waals surface area (Å²) in [5.41, 5.74) is 0.511. The number of benzene rings is 3. The average molecular weight is 463 g/mol. The minimum atomic E-state index is -0.852. The minimum absolute atomic E-state index is 0.0312. The van der Waals surface area contributed by atoms with Crippen molar-refractivity contribution >= 4 is 23.5 Å². The molecule has 0 saturated carbocycles. The topological polar surface area (TPSA) is 114 Å². The largest absolute Gasteiger partial charge is 0.497 e. The molecule has 9 heteroatoms. The van der Waals surface area contributed by atoms with E-state index < -0.39 is 16.7 Å². The first-order valence-corrected chi connectivity index (χ1v) is 9.95. The second kappa shape index (κ2) is 10.8. The molecule has 174 valence electrons. The number of hydrogen-bond donors (Lipinski definition) is 0. The number of esters is 1. The Morgan fingerprint density at radius 2 is 1.62 bits per heavy atom. The summed E-state index contributed by atoms with van der Waals surface area (Å²) in [5, 5.41) is 11.0. The maximum absolute atomic E-state index is 12.9. The van der Waals surface area contributed by atoms with Gasteiger partial charge in [0.2, 0.25) is 0 Å². The van der Waals surface area contributed by atoms with E-state index in [1.165, 1.54) is 57.7 Å². The highest BCUT2D eigenvalue weighted by Crippen LogP contribution is 2.29. The number of ether oxygens (including phenoxy) is 4. The number of hydrogen-bond acceptors (Lipinski definition) is 8. The van der Waals surface area contributed by atoms with E-state index in [2.05, 4.69) is 0 Å². The fraction of sp³-hybridized carbons (Fsp3) is 0.120. The highest BCUT2D eigenvalue weighted by Gasteiger charge is 2.18. The van der Waals surface area contributed by atoms with Gasteiger partial charge in [0.05, 0.1) is 37.4 Å². The third-order valence-electron chi connectivity index (χ3n) is 4.78. The van der Waals surface area contributed by atoms with Gasteiger partial charge in [0, 0.05) is 18.2 Å². The van der Waals surface area contributed by atoms with Gasteiger partial charge in [-0.3, -0.25) is 14.9 Å². The van der Waals surface area contributed by atoms with Crippen LogP contribution in [0.5, 0.6) is 23.0 Å². The molecule has 0 aliphatic carbocycles. The molecule has 0 aliphatic heterocycles. The van der Waals surface area contributed by atoms with E-state index in [1.54, 1.807) is 30.3 Å². The highest BCUT2D eigenvalue weighted by atomic mass is 16.6. The van der Waals surface area contributed by atoms with Crippen molar-refractivity contribution in [3.63, 3.8) is 0 Å². The zero-order chi connectivity index (χ0) is 24.7. The van der Waals surface area contributed by atoms with E-state index in [0.29, 0.717) is 22.8 Å². The van der Waals surface area contributed by atoms with Crippen LogP contribution in [0, 0.1) is 10.1 Å². The number of carbonyl (C=O) groups is 2. The van der Waals surface area contributed by atoms with Crippen LogP contribution in [0.4, 0.5) is 5.69 Å². The Labute approximate surface area is 195 Å². The van der Waals surface area contributed by atoms with E-state index in [-0.39, 0.29) is 22.6 Å². The Morgan fingerprint density at radius 3 is 2.29 bits per heavy atom. The highest BCUT2D eigenvalue weighted by molar-refractivity contribution is 6.09. The molecule has 0 N–H and O–H groups in total. The lowest BCUT2D eigenvalue weighted by molar-refractivity contribution is -0.384. The molecule has 0 amide bonds. The molecule has 0 spiro atoms. The summed E-state index contributed by atoms with van der Waals surface area (Å²) < 4.78 is 21.1. The summed E-state index contributed by atoms with van der Waals surface area (Å²) in [6.45, 7) is 0. The Bertz CT molecular complexity index is 1270. The van der Waals surface area contributed by atoms with Gasteiger partial charge < -0.3 is 18.9 Å². The molecule has 3 rings (SSSR count). The number of methoxy groups -OCH3 is 3. The summed E-state index contributed by atoms with van der Waals surface area (Å²) in [6, 6.07) is 14.7. The Balaban J connectivity index is 1.88. The smallest absolute Gasteiger partial charge is 0.343 e. The second-order valence-corrected chi connectivity index (χ2v) is 6.87. The number of carbonyl (C=O) groups excluding carboxylic acids is 2. The molecule has 0 atom stereocenters. The van der Waals surface area contributed by atoms with Crippen LogP contribution in [-0.2, 0) is 0 Å². The minimum Gasteiger partial charge on any atom is -0.497 e. The van der Waals surface area contributed by atoms with E-state index in [1.807, 2.05) is 0 Å². The Kier molecular flexibility index (Phi) is 7.60. The van der Waals surface area contributed by atoms with Crippen molar-refractivity contribution in [2.24, 2.45) is 0 Å². The fourth-order valence-electron chi connectivity index (χ4n) is 3.04. The van der Waals surface area contributed by atoms with Crippen LogP contribution >= 0.6 is 0 Å². The van der Waals surface area contributed by atoms with Gasteiger partial charge in [-0.2, -0.15) is 0 Å². The SMILES string of the molecule is COc1ccc(C(=O)/C=C/c2ccc(OC)c(OC)c2)c(OC(=O)c2cccc([N+](=O)[O-])c2)c1. The van der Waals surface area contributed by atoms with Gasteiger partial charge in [-0.15, -0.1) is 0 Å². The summed E-state index contributed by atoms with van der Waals surface area (Å²) in [7, 11) is 4.47. The molecule has 0 unspecified atom stereocenters. The van der Waals surface area contributed by atoms with Crippen molar-refractivity contribution < 1.29 is 33.5 Å². The van der Waals surface area contributed by atoms with Gasteiger partial charge in [0.25, 0.3) is 5.69 Å². The molecule has 0 radical (unpaired) electrons. The first-order valence-electron chi connectivity index (χ1n) is 9.95. The molecule has 0 aliphatic rings. The lowest BCUT2D eigenvalue weighted by atomic mass is 10.1. The number of nitro groups is 1. The molecule has 0 saturated heterocycles. The zero-order valence-corrected chi connectivity index (χ0v) is 18.6. The van der Waals surface area contributed by atoms with Gasteiger partial charge in [0.1, 0.15) is 11.5 Å². The lowest BCUT2D eigenvalue weighted by Gasteiger charge is -2.10. The van der Waals surface area contributed by atoms with Crippen LogP contribution in [-0.4, -0.2) is 38.0 Å². The molecule has 0 aromatic heterocycles. The monoisotopic (exact) mass is 463 g/mol. The van der Waals surface area contributed by atoms with Crippen molar-refractivity contribution in [2.75, 3.05) is 21.3 Å². The molecule has 0 heterocycles. The number of nitro benzene ring substituents is 1. The maximum atomic E-state index is 12.9. The quantitative estimate of drug-likeness (QED) is 0.112. The van der Waals surface area contributed by atoms with Gasteiger partial charge >= 0.3 is 5.97 Å². The van der Waals surface area contributed by atoms with Crippen LogP contribution < -0.4 is 18.9 Å². The maximum Gasteiger partial charge on any atom is 0.343 e. The van der Waals surface area contributed by atoms with Crippen molar-refractivity contribution in [1.29, 1.82) is 0 Å². The standard InChI is InChI=1S/C25H21NO8/c1-31-19-9-10-20(21(27)11-7-16-8-12-22(32-2)24(13-16)33-3)23(15-19)34-25(28)17-5-4-6-18(14-17)26(29)30/h4-15H,1-3H3/b11-7+. The van der Waals surface area contributed by atoms with Crippen LogP contribution in [0.15, 0.2) is 66.7 Å². The molecule has 9 nitrogen and oxygen atoms in total. The number of allylic oxidation sites excluding steroid dienone is 1. The summed E-state index contributed by atoms with van der Waals surface area (Å²) in [4.78, 5) is 35.9. The molecule has 0 fully saturated rings. The van der Waals surface area contributed by atoms with Crippen LogP contribution in [0.3, 0.4) is 0 Å². The number of non-ortho nitro benzene ring substituents is 1. The van der Waals surface area contributed by atoms with E-state index in [4.69, 9.17) is 18.9 Å². The predicted molar refractivity (Wildman–Crippen MR) is 124 cm³/mol. The van der Waals surface area contributed by atoms with E-state index >= 15 is 0 Å². The first kappa shape index (κ1) is 24.0. The van der Waals surface area contributed by atoms with Gasteiger partial charge in [-0.25, -0.2) is 4.79 Å². The van der Waals surface area contributed by atoms with E-state index in [0.717, 1.165) is 6.07 Å². The summed E-state index contributed by atoms with van der Waals surface area (Å²) >= 11 is 0. The fourth-order valence-corrected chi connectivity index (χ4v) is 3.04. The number of rotatable bonds is 9. The Morgan fingerprint density at radius 1 is 0.853 bits per heavy atom. The van der Waals surface area contributed by atoms with Crippen molar-refractivity contribution in [3.05, 3.63) is 93.5 Å². The normalized spacial score (nSPS) is 10.6. The molecule has 0 bridgehead atoms. The van der Waals surface area contributed by atoms with Crippen LogP contribution in [0.1, 0.15) is 26.3 Å². The van der Waals surface area contributed by atoms with Gasteiger partial charge in [-0.05, 0) is 42.0 Å². The zero-order valence-electron chi connectivity index (χ0n) is 18.6. The first-order chi connectivity index (χ1) is 16.4. The molecule has 3 aromatic carbocycles. The third kappa shape index (κ3) is 5.57. The second-order valence-electron chi connectivity index (χ2n) is 6.87. The lowest BCUT2D eigenvalue weighted by Crippen LogP contribution is -2.11. The third-order valence-corrected chi connectivity index (χ3v) is 4.78. The average Bonchev–Trinajstić information content (AvgIpc) is 2.86. The van der Waals surface area contributed by atoms with Gasteiger partial charge in [-0.1, -0.05) is 18.2 Å². The van der Waals surface area contributed by atoms with Crippen molar-refractivity contribution in [3.8, 4) is 23.0 Å². The molecule has 3 aromatic rings. The molecular weight excluding hydrogens is 442 g/mol.